The Bertz CT molecular complexity index is 651. The summed E-state index contributed by atoms with van der Waals surface area (Å²) in [6, 6.07) is 7.54. The Morgan fingerprint density at radius 1 is 1.28 bits per heavy atom. The predicted octanol–water partition coefficient (Wildman–Crippen LogP) is 2.93. The van der Waals surface area contributed by atoms with Crippen LogP contribution < -0.4 is 10.6 Å². The lowest BCUT2D eigenvalue weighted by Crippen LogP contribution is -2.47. The molecule has 2 aliphatic carbocycles. The monoisotopic (exact) mass is 365 g/mol. The van der Waals surface area contributed by atoms with Crippen molar-refractivity contribution in [2.24, 2.45) is 4.99 Å². The summed E-state index contributed by atoms with van der Waals surface area (Å²) in [6.45, 7) is 1.99. The van der Waals surface area contributed by atoms with Crippen molar-refractivity contribution in [2.45, 2.75) is 62.3 Å². The van der Waals surface area contributed by atoms with Crippen LogP contribution in [0.15, 0.2) is 29.3 Å². The second kappa shape index (κ2) is 8.30. The molecule has 1 aromatic carbocycles. The van der Waals surface area contributed by atoms with Crippen LogP contribution in [0.3, 0.4) is 0 Å². The summed E-state index contributed by atoms with van der Waals surface area (Å²) < 4.78 is 26.0. The second-order valence-corrected chi connectivity index (χ2v) is 8.99. The van der Waals surface area contributed by atoms with Gasteiger partial charge >= 0.3 is 0 Å². The van der Waals surface area contributed by atoms with Gasteiger partial charge in [0, 0.05) is 46.9 Å². The van der Waals surface area contributed by atoms with Crippen LogP contribution in [0, 0.1) is 5.82 Å². The molecule has 2 aliphatic rings. The second-order valence-electron chi connectivity index (χ2n) is 6.99. The fourth-order valence-corrected chi connectivity index (χ4v) is 5.11. The summed E-state index contributed by atoms with van der Waals surface area (Å²) in [4.78, 5) is 4.33. The van der Waals surface area contributed by atoms with E-state index in [1.54, 1.807) is 13.1 Å². The number of nitrogens with zero attached hydrogens (tertiary/aromatic N) is 1. The normalized spacial score (nSPS) is 30.6. The van der Waals surface area contributed by atoms with Crippen LogP contribution in [0.1, 0.15) is 50.5 Å². The number of nitrogens with one attached hydrogen (secondary N) is 2. The van der Waals surface area contributed by atoms with Crippen LogP contribution >= 0.6 is 0 Å². The van der Waals surface area contributed by atoms with Crippen molar-refractivity contribution in [3.05, 3.63) is 35.6 Å². The van der Waals surface area contributed by atoms with Crippen LogP contribution in [-0.2, 0) is 10.8 Å². The van der Waals surface area contributed by atoms with Gasteiger partial charge in [-0.3, -0.25) is 9.20 Å². The molecule has 0 spiro atoms. The van der Waals surface area contributed by atoms with Crippen LogP contribution in [0.2, 0.25) is 0 Å². The van der Waals surface area contributed by atoms with E-state index in [0.29, 0.717) is 11.3 Å². The van der Waals surface area contributed by atoms with Crippen molar-refractivity contribution in [1.82, 2.24) is 10.6 Å². The molecule has 0 aromatic heterocycles. The maximum atomic E-state index is 13.9. The molecule has 25 heavy (non-hydrogen) atoms. The van der Waals surface area contributed by atoms with Crippen molar-refractivity contribution >= 4 is 16.8 Å². The molecule has 2 fully saturated rings. The Morgan fingerprint density at radius 3 is 2.80 bits per heavy atom. The molecule has 5 atom stereocenters. The average Bonchev–Trinajstić information content (AvgIpc) is 3.40. The van der Waals surface area contributed by atoms with Crippen LogP contribution in [-0.4, -0.2) is 40.3 Å². The number of benzene rings is 1. The molecule has 6 heteroatoms. The quantitative estimate of drug-likeness (QED) is 0.623. The maximum Gasteiger partial charge on any atom is 0.191 e. The van der Waals surface area contributed by atoms with Gasteiger partial charge in [-0.25, -0.2) is 4.39 Å². The zero-order chi connectivity index (χ0) is 17.8. The molecule has 2 saturated carbocycles. The molecular weight excluding hydrogens is 337 g/mol. The third-order valence-corrected chi connectivity index (χ3v) is 7.00. The molecule has 5 unspecified atom stereocenters. The zero-order valence-corrected chi connectivity index (χ0v) is 15.8. The van der Waals surface area contributed by atoms with E-state index in [-0.39, 0.29) is 17.8 Å². The third kappa shape index (κ3) is 4.60. The fraction of sp³-hybridized carbons (Fsp3) is 0.632. The summed E-state index contributed by atoms with van der Waals surface area (Å²) in [5, 5.41) is 7.19. The van der Waals surface area contributed by atoms with E-state index in [4.69, 9.17) is 0 Å². The van der Waals surface area contributed by atoms with Crippen molar-refractivity contribution in [1.29, 1.82) is 0 Å². The molecule has 4 nitrogen and oxygen atoms in total. The first-order valence-electron chi connectivity index (χ1n) is 9.23. The van der Waals surface area contributed by atoms with Crippen molar-refractivity contribution in [3.63, 3.8) is 0 Å². The Morgan fingerprint density at radius 2 is 2.08 bits per heavy atom. The first-order valence-corrected chi connectivity index (χ1v) is 10.6. The van der Waals surface area contributed by atoms with Gasteiger partial charge in [-0.05, 0) is 37.3 Å². The van der Waals surface area contributed by atoms with E-state index in [1.807, 2.05) is 19.1 Å². The lowest BCUT2D eigenvalue weighted by molar-refractivity contribution is 0.413. The number of guanidine groups is 1. The number of rotatable bonds is 5. The summed E-state index contributed by atoms with van der Waals surface area (Å²) in [5.74, 6) is 1.59. The molecule has 3 rings (SSSR count). The SMILES string of the molecule is CCS(=O)C1CCCC(NC(=NC)NC2CC2c2ccccc2F)C1. The van der Waals surface area contributed by atoms with E-state index in [2.05, 4.69) is 15.6 Å². The minimum absolute atomic E-state index is 0.128. The summed E-state index contributed by atoms with van der Waals surface area (Å²) in [7, 11) is 1.04. The minimum Gasteiger partial charge on any atom is -0.354 e. The highest BCUT2D eigenvalue weighted by Gasteiger charge is 2.40. The molecule has 0 radical (unpaired) electrons. The van der Waals surface area contributed by atoms with Gasteiger partial charge in [0.1, 0.15) is 5.82 Å². The minimum atomic E-state index is -0.725. The topological polar surface area (TPSA) is 53.5 Å². The molecule has 0 bridgehead atoms. The molecule has 0 heterocycles. The highest BCUT2D eigenvalue weighted by molar-refractivity contribution is 7.85. The third-order valence-electron chi connectivity index (χ3n) is 5.26. The maximum absolute atomic E-state index is 13.9. The van der Waals surface area contributed by atoms with E-state index in [0.717, 1.165) is 49.4 Å². The van der Waals surface area contributed by atoms with Crippen molar-refractivity contribution < 1.29 is 8.60 Å². The highest BCUT2D eigenvalue weighted by atomic mass is 32.2. The van der Waals surface area contributed by atoms with Crippen LogP contribution in [0.5, 0.6) is 0 Å². The highest BCUT2D eigenvalue weighted by Crippen LogP contribution is 2.41. The summed E-state index contributed by atoms with van der Waals surface area (Å²) >= 11 is 0. The lowest BCUT2D eigenvalue weighted by Gasteiger charge is -2.30. The predicted molar refractivity (Wildman–Crippen MR) is 102 cm³/mol. The first-order chi connectivity index (χ1) is 12.1. The first kappa shape index (κ1) is 18.4. The van der Waals surface area contributed by atoms with Gasteiger partial charge in [-0.2, -0.15) is 0 Å². The Hall–Kier alpha value is -1.43. The van der Waals surface area contributed by atoms with Crippen LogP contribution in [0.25, 0.3) is 0 Å². The molecule has 0 aliphatic heterocycles. The van der Waals surface area contributed by atoms with E-state index >= 15 is 0 Å². The number of hydrogen-bond donors (Lipinski definition) is 2. The summed E-state index contributed by atoms with van der Waals surface area (Å²) in [5.41, 5.74) is 0.784. The lowest BCUT2D eigenvalue weighted by atomic mass is 9.95. The number of aliphatic imine (C=N–C) groups is 1. The molecule has 138 valence electrons. The largest absolute Gasteiger partial charge is 0.354 e. The van der Waals surface area contributed by atoms with Gasteiger partial charge in [0.2, 0.25) is 0 Å². The molecular formula is C19H28FN3OS. The molecule has 2 N–H and O–H groups in total. The van der Waals surface area contributed by atoms with Crippen LogP contribution in [0.4, 0.5) is 4.39 Å². The summed E-state index contributed by atoms with van der Waals surface area (Å²) in [6.07, 6.45) is 5.10. The Balaban J connectivity index is 1.53. The number of halogens is 1. The molecule has 1 aromatic rings. The fourth-order valence-electron chi connectivity index (χ4n) is 3.76. The van der Waals surface area contributed by atoms with E-state index in [1.165, 1.54) is 6.07 Å². The molecule has 0 amide bonds. The van der Waals surface area contributed by atoms with Gasteiger partial charge < -0.3 is 10.6 Å². The number of hydrogen-bond acceptors (Lipinski definition) is 2. The average molecular weight is 366 g/mol. The van der Waals surface area contributed by atoms with Gasteiger partial charge in [0.05, 0.1) is 0 Å². The van der Waals surface area contributed by atoms with Gasteiger partial charge in [-0.15, -0.1) is 0 Å². The Kier molecular flexibility index (Phi) is 6.10. The van der Waals surface area contributed by atoms with Gasteiger partial charge in [-0.1, -0.05) is 31.5 Å². The van der Waals surface area contributed by atoms with Gasteiger partial charge in [0.25, 0.3) is 0 Å². The van der Waals surface area contributed by atoms with E-state index < -0.39 is 10.8 Å². The Labute approximate surface area is 152 Å². The van der Waals surface area contributed by atoms with Crippen molar-refractivity contribution in [3.8, 4) is 0 Å². The van der Waals surface area contributed by atoms with Crippen molar-refractivity contribution in [2.75, 3.05) is 12.8 Å². The van der Waals surface area contributed by atoms with Gasteiger partial charge in [0.15, 0.2) is 5.96 Å². The smallest absolute Gasteiger partial charge is 0.191 e. The van der Waals surface area contributed by atoms with E-state index in [9.17, 15) is 8.60 Å². The zero-order valence-electron chi connectivity index (χ0n) is 15.0. The molecule has 0 saturated heterocycles. The standard InChI is InChI=1S/C19H28FN3OS/c1-3-25(24)14-8-6-7-13(11-14)22-19(21-2)23-18-12-16(18)15-9-4-5-10-17(15)20/h4-5,9-10,13-14,16,18H,3,6-8,11-12H2,1-2H3,(H2,21,22,23).